The summed E-state index contributed by atoms with van der Waals surface area (Å²) in [6.07, 6.45) is 0. The molecule has 1 aromatic carbocycles. The van der Waals surface area contributed by atoms with Crippen LogP contribution in [-0.2, 0) is 4.74 Å². The number of ether oxygens (including phenoxy) is 1. The van der Waals surface area contributed by atoms with Gasteiger partial charge in [-0.1, -0.05) is 21.1 Å². The molecule has 0 aliphatic carbocycles. The summed E-state index contributed by atoms with van der Waals surface area (Å²) < 4.78 is 10.6. The lowest BCUT2D eigenvalue weighted by atomic mass is 10.1. The molecule has 17 heavy (non-hydrogen) atoms. The van der Waals surface area contributed by atoms with Gasteiger partial charge in [0.15, 0.2) is 5.82 Å². The Kier molecular flexibility index (Phi) is 3.23. The van der Waals surface area contributed by atoms with Crippen LogP contribution in [0.2, 0.25) is 0 Å². The Morgan fingerprint density at radius 1 is 1.47 bits per heavy atom. The molecule has 0 spiro atoms. The van der Waals surface area contributed by atoms with E-state index in [1.165, 1.54) is 7.11 Å². The first kappa shape index (κ1) is 11.8. The Hall–Kier alpha value is -1.69. The van der Waals surface area contributed by atoms with Crippen molar-refractivity contribution in [1.82, 2.24) is 10.1 Å². The minimum atomic E-state index is -0.441. The van der Waals surface area contributed by atoms with Crippen molar-refractivity contribution >= 4 is 21.9 Å². The number of hydrogen-bond acceptors (Lipinski definition) is 5. The first-order valence-electron chi connectivity index (χ1n) is 4.80. The highest BCUT2D eigenvalue weighted by Crippen LogP contribution is 2.26. The summed E-state index contributed by atoms with van der Waals surface area (Å²) in [5, 5.41) is 3.70. The van der Waals surface area contributed by atoms with Crippen LogP contribution in [0, 0.1) is 6.92 Å². The normalized spacial score (nSPS) is 10.3. The first-order valence-corrected chi connectivity index (χ1v) is 5.59. The third-order valence-corrected chi connectivity index (χ3v) is 2.64. The van der Waals surface area contributed by atoms with Crippen LogP contribution < -0.4 is 0 Å². The SMILES string of the molecule is COC(=O)c1ccc(Br)cc1-c1nc(C)no1. The highest BCUT2D eigenvalue weighted by molar-refractivity contribution is 9.10. The van der Waals surface area contributed by atoms with Gasteiger partial charge in [0, 0.05) is 4.47 Å². The van der Waals surface area contributed by atoms with Crippen LogP contribution in [0.5, 0.6) is 0 Å². The van der Waals surface area contributed by atoms with Crippen molar-refractivity contribution in [3.8, 4) is 11.5 Å². The van der Waals surface area contributed by atoms with Gasteiger partial charge >= 0.3 is 5.97 Å². The number of aromatic nitrogens is 2. The van der Waals surface area contributed by atoms with E-state index in [1.54, 1.807) is 25.1 Å². The Bertz CT molecular complexity index is 566. The number of hydrogen-bond donors (Lipinski definition) is 0. The summed E-state index contributed by atoms with van der Waals surface area (Å²) in [4.78, 5) is 15.7. The van der Waals surface area contributed by atoms with Gasteiger partial charge in [-0.05, 0) is 25.1 Å². The number of methoxy groups -OCH3 is 1. The van der Waals surface area contributed by atoms with Crippen molar-refractivity contribution < 1.29 is 14.1 Å². The molecule has 2 rings (SSSR count). The number of carbonyl (C=O) groups is 1. The van der Waals surface area contributed by atoms with Gasteiger partial charge in [-0.25, -0.2) is 4.79 Å². The molecule has 0 N–H and O–H groups in total. The van der Waals surface area contributed by atoms with Gasteiger partial charge in [0.05, 0.1) is 18.2 Å². The number of benzene rings is 1. The standard InChI is InChI=1S/C11H9BrN2O3/c1-6-13-10(17-14-6)9-5-7(12)3-4-8(9)11(15)16-2/h3-5H,1-2H3. The third-order valence-electron chi connectivity index (χ3n) is 2.14. The smallest absolute Gasteiger partial charge is 0.338 e. The second-order valence-electron chi connectivity index (χ2n) is 3.33. The molecular weight excluding hydrogens is 288 g/mol. The van der Waals surface area contributed by atoms with Crippen molar-refractivity contribution in [2.75, 3.05) is 7.11 Å². The molecule has 0 aliphatic heterocycles. The lowest BCUT2D eigenvalue weighted by molar-refractivity contribution is 0.0601. The summed E-state index contributed by atoms with van der Waals surface area (Å²) in [6, 6.07) is 5.13. The van der Waals surface area contributed by atoms with Crippen molar-refractivity contribution in [1.29, 1.82) is 0 Å². The van der Waals surface area contributed by atoms with Gasteiger partial charge in [-0.2, -0.15) is 4.98 Å². The van der Waals surface area contributed by atoms with E-state index in [2.05, 4.69) is 26.1 Å². The van der Waals surface area contributed by atoms with Gasteiger partial charge in [0.1, 0.15) is 0 Å². The van der Waals surface area contributed by atoms with Crippen molar-refractivity contribution in [2.24, 2.45) is 0 Å². The van der Waals surface area contributed by atoms with Crippen molar-refractivity contribution in [3.63, 3.8) is 0 Å². The Labute approximate surface area is 106 Å². The molecule has 0 fully saturated rings. The summed E-state index contributed by atoms with van der Waals surface area (Å²) in [6.45, 7) is 1.71. The van der Waals surface area contributed by atoms with Crippen LogP contribution in [0.1, 0.15) is 16.2 Å². The maximum Gasteiger partial charge on any atom is 0.338 e. The fourth-order valence-electron chi connectivity index (χ4n) is 1.39. The Morgan fingerprint density at radius 2 is 2.24 bits per heavy atom. The van der Waals surface area contributed by atoms with E-state index >= 15 is 0 Å². The molecule has 5 nitrogen and oxygen atoms in total. The number of halogens is 1. The molecule has 1 aromatic heterocycles. The highest BCUT2D eigenvalue weighted by atomic mass is 79.9. The molecule has 0 saturated carbocycles. The second kappa shape index (κ2) is 4.67. The minimum absolute atomic E-state index is 0.296. The molecule has 0 radical (unpaired) electrons. The molecule has 1 heterocycles. The highest BCUT2D eigenvalue weighted by Gasteiger charge is 2.17. The molecule has 0 aliphatic rings. The lowest BCUT2D eigenvalue weighted by Gasteiger charge is -2.04. The predicted octanol–water partition coefficient (Wildman–Crippen LogP) is 2.59. The van der Waals surface area contributed by atoms with Gasteiger partial charge in [0.25, 0.3) is 5.89 Å². The fourth-order valence-corrected chi connectivity index (χ4v) is 1.75. The largest absolute Gasteiger partial charge is 0.465 e. The zero-order valence-electron chi connectivity index (χ0n) is 9.23. The van der Waals surface area contributed by atoms with Gasteiger partial charge in [-0.15, -0.1) is 0 Å². The van der Waals surface area contributed by atoms with E-state index in [-0.39, 0.29) is 0 Å². The number of nitrogens with zero attached hydrogens (tertiary/aromatic N) is 2. The Balaban J connectivity index is 2.58. The van der Waals surface area contributed by atoms with E-state index in [0.717, 1.165) is 4.47 Å². The second-order valence-corrected chi connectivity index (χ2v) is 4.24. The zero-order valence-corrected chi connectivity index (χ0v) is 10.8. The number of rotatable bonds is 2. The number of carbonyl (C=O) groups excluding carboxylic acids is 1. The van der Waals surface area contributed by atoms with E-state index in [0.29, 0.717) is 22.8 Å². The minimum Gasteiger partial charge on any atom is -0.465 e. The summed E-state index contributed by atoms with van der Waals surface area (Å²) in [5.41, 5.74) is 0.936. The summed E-state index contributed by atoms with van der Waals surface area (Å²) in [5.74, 6) is 0.364. The summed E-state index contributed by atoms with van der Waals surface area (Å²) in [7, 11) is 1.33. The van der Waals surface area contributed by atoms with Gasteiger partial charge in [-0.3, -0.25) is 0 Å². The predicted molar refractivity (Wildman–Crippen MR) is 63.5 cm³/mol. The van der Waals surface area contributed by atoms with Crippen LogP contribution in [-0.4, -0.2) is 23.2 Å². The van der Waals surface area contributed by atoms with E-state index in [9.17, 15) is 4.79 Å². The maximum atomic E-state index is 11.6. The van der Waals surface area contributed by atoms with Crippen LogP contribution in [0.25, 0.3) is 11.5 Å². The molecule has 6 heteroatoms. The van der Waals surface area contributed by atoms with Crippen LogP contribution in [0.4, 0.5) is 0 Å². The van der Waals surface area contributed by atoms with E-state index in [1.807, 2.05) is 0 Å². The molecule has 0 atom stereocenters. The lowest BCUT2D eigenvalue weighted by Crippen LogP contribution is -2.03. The third kappa shape index (κ3) is 2.36. The zero-order chi connectivity index (χ0) is 12.4. The maximum absolute atomic E-state index is 11.6. The first-order chi connectivity index (χ1) is 8.11. The molecule has 0 amide bonds. The average Bonchev–Trinajstić information content (AvgIpc) is 2.75. The molecule has 0 unspecified atom stereocenters. The quantitative estimate of drug-likeness (QED) is 0.797. The van der Waals surface area contributed by atoms with E-state index in [4.69, 9.17) is 9.26 Å². The van der Waals surface area contributed by atoms with Gasteiger partial charge in [0.2, 0.25) is 0 Å². The van der Waals surface area contributed by atoms with Gasteiger partial charge < -0.3 is 9.26 Å². The van der Waals surface area contributed by atoms with Crippen molar-refractivity contribution in [2.45, 2.75) is 6.92 Å². The number of aryl methyl sites for hydroxylation is 1. The fraction of sp³-hybridized carbons (Fsp3) is 0.182. The molecule has 0 bridgehead atoms. The molecule has 88 valence electrons. The number of esters is 1. The van der Waals surface area contributed by atoms with Crippen LogP contribution in [0.3, 0.4) is 0 Å². The molecular formula is C11H9BrN2O3. The van der Waals surface area contributed by atoms with Crippen LogP contribution in [0.15, 0.2) is 27.2 Å². The van der Waals surface area contributed by atoms with E-state index < -0.39 is 5.97 Å². The summed E-state index contributed by atoms with van der Waals surface area (Å²) >= 11 is 3.33. The Morgan fingerprint density at radius 3 is 2.82 bits per heavy atom. The molecule has 2 aromatic rings. The van der Waals surface area contributed by atoms with Crippen LogP contribution >= 0.6 is 15.9 Å². The topological polar surface area (TPSA) is 65.2 Å². The monoisotopic (exact) mass is 296 g/mol. The molecule has 0 saturated heterocycles. The van der Waals surface area contributed by atoms with Crippen molar-refractivity contribution in [3.05, 3.63) is 34.1 Å². The average molecular weight is 297 g/mol.